The molecule has 1 saturated heterocycles. The second kappa shape index (κ2) is 13.0. The third-order valence-electron chi connectivity index (χ3n) is 6.85. The number of halogens is 1. The lowest BCUT2D eigenvalue weighted by atomic mass is 9.96. The van der Waals surface area contributed by atoms with Crippen LogP contribution in [0.25, 0.3) is 11.0 Å². The summed E-state index contributed by atoms with van der Waals surface area (Å²) in [6.07, 6.45) is -1.88. The van der Waals surface area contributed by atoms with Gasteiger partial charge in [0.2, 0.25) is 0 Å². The lowest BCUT2D eigenvalue weighted by Gasteiger charge is -2.27. The Morgan fingerprint density at radius 3 is 2.71 bits per heavy atom. The normalized spacial score (nSPS) is 24.2. The van der Waals surface area contributed by atoms with Gasteiger partial charge in [-0.3, -0.25) is 18.4 Å². The third-order valence-corrected chi connectivity index (χ3v) is 9.60. The summed E-state index contributed by atoms with van der Waals surface area (Å²) in [5, 5.41) is 33.9. The zero-order chi connectivity index (χ0) is 30.7. The Hall–Kier alpha value is -2.46. The fourth-order valence-corrected chi connectivity index (χ4v) is 6.49. The minimum absolute atomic E-state index is 0.0500. The number of nitrogens with two attached hydrogens (primary N) is 1. The minimum Gasteiger partial charge on any atom is -0.395 e. The standard InChI is InChI=1S/C26H35FN5O8PS/c1-25(2,14-33)24(35)42-10-9-38-41(37,31-11-16-7-5-4-6-8-16)39-13-18-20(34)26(3,36)23(40-18)32-12-17(27)19-21(28)29-15-30-22(19)32/h4-8,12,15,18,20,23,33-34,36H,9-11,13-14H2,1-3H3,(H,31,37)(H2,28,29,30)/t18-,20+,23-,26?,41?/m1/s1. The average molecular weight is 628 g/mol. The maximum absolute atomic E-state index is 14.7. The Bertz CT molecular complexity index is 1440. The van der Waals surface area contributed by atoms with Gasteiger partial charge in [0.1, 0.15) is 30.0 Å². The highest BCUT2D eigenvalue weighted by atomic mass is 32.2. The van der Waals surface area contributed by atoms with Crippen LogP contribution in [0.2, 0.25) is 0 Å². The van der Waals surface area contributed by atoms with E-state index in [1.807, 2.05) is 30.3 Å². The average Bonchev–Trinajstić information content (AvgIpc) is 3.42. The van der Waals surface area contributed by atoms with E-state index in [1.54, 1.807) is 13.8 Å². The van der Waals surface area contributed by atoms with E-state index in [4.69, 9.17) is 19.5 Å². The van der Waals surface area contributed by atoms with E-state index in [0.29, 0.717) is 0 Å². The number of nitrogens with one attached hydrogen (secondary N) is 1. The molecule has 13 nitrogen and oxygen atoms in total. The first-order valence-corrected chi connectivity index (χ1v) is 15.6. The van der Waals surface area contributed by atoms with E-state index < -0.39 is 49.6 Å². The van der Waals surface area contributed by atoms with Crippen LogP contribution in [0.5, 0.6) is 0 Å². The van der Waals surface area contributed by atoms with Crippen LogP contribution < -0.4 is 10.8 Å². The molecule has 1 aromatic carbocycles. The van der Waals surface area contributed by atoms with Gasteiger partial charge in [0.05, 0.1) is 30.6 Å². The summed E-state index contributed by atoms with van der Waals surface area (Å²) in [6, 6.07) is 9.08. The molecular weight excluding hydrogens is 592 g/mol. The van der Waals surface area contributed by atoms with E-state index in [2.05, 4.69) is 15.1 Å². The molecule has 2 unspecified atom stereocenters. The van der Waals surface area contributed by atoms with Crippen molar-refractivity contribution in [2.75, 3.05) is 31.3 Å². The fraction of sp³-hybridized carbons (Fsp3) is 0.500. The first-order valence-electron chi connectivity index (χ1n) is 13.1. The number of anilines is 1. The maximum atomic E-state index is 14.7. The highest BCUT2D eigenvalue weighted by Gasteiger charge is 2.54. The SMILES string of the molecule is CC(C)(CO)C(=O)SCCOP(=O)(NCc1ccccc1)OC[C@H]1O[C@@H](n2cc(F)c3c(N)ncnc32)C(C)(O)[C@H]1O. The number of hydrogen-bond donors (Lipinski definition) is 5. The van der Waals surface area contributed by atoms with Crippen molar-refractivity contribution >= 4 is 41.5 Å². The first-order chi connectivity index (χ1) is 19.8. The predicted molar refractivity (Wildman–Crippen MR) is 154 cm³/mol. The molecule has 0 amide bonds. The van der Waals surface area contributed by atoms with Gasteiger partial charge in [-0.2, -0.15) is 0 Å². The molecular formula is C26H35FN5O8PS. The highest BCUT2D eigenvalue weighted by molar-refractivity contribution is 8.13. The van der Waals surface area contributed by atoms with Gasteiger partial charge in [-0.1, -0.05) is 42.1 Å². The van der Waals surface area contributed by atoms with Crippen molar-refractivity contribution < 1.29 is 42.9 Å². The van der Waals surface area contributed by atoms with Gasteiger partial charge in [0, 0.05) is 18.5 Å². The number of aliphatic hydroxyl groups excluding tert-OH is 2. The van der Waals surface area contributed by atoms with Crippen molar-refractivity contribution in [3.63, 3.8) is 0 Å². The molecule has 6 N–H and O–H groups in total. The van der Waals surface area contributed by atoms with Crippen LogP contribution in [0.3, 0.4) is 0 Å². The van der Waals surface area contributed by atoms with Crippen LogP contribution >= 0.6 is 19.5 Å². The molecule has 5 atom stereocenters. The number of carbonyl (C=O) groups is 1. The predicted octanol–water partition coefficient (Wildman–Crippen LogP) is 2.37. The summed E-state index contributed by atoms with van der Waals surface area (Å²) in [7, 11) is -4.05. The largest absolute Gasteiger partial charge is 0.405 e. The van der Waals surface area contributed by atoms with Gasteiger partial charge in [-0.05, 0) is 26.3 Å². The number of hydrogen-bond acceptors (Lipinski definition) is 12. The summed E-state index contributed by atoms with van der Waals surface area (Å²) in [5.41, 5.74) is 3.76. The van der Waals surface area contributed by atoms with Crippen LogP contribution in [0.1, 0.15) is 32.6 Å². The molecule has 1 fully saturated rings. The minimum atomic E-state index is -4.05. The zero-order valence-electron chi connectivity index (χ0n) is 23.3. The van der Waals surface area contributed by atoms with Gasteiger partial charge < -0.3 is 25.8 Å². The Kier molecular flexibility index (Phi) is 10.1. The third kappa shape index (κ3) is 7.01. The van der Waals surface area contributed by atoms with Crippen molar-refractivity contribution in [2.24, 2.45) is 5.41 Å². The van der Waals surface area contributed by atoms with Crippen molar-refractivity contribution in [3.8, 4) is 0 Å². The quantitative estimate of drug-likeness (QED) is 0.137. The van der Waals surface area contributed by atoms with Crippen molar-refractivity contribution in [1.29, 1.82) is 0 Å². The molecule has 2 aromatic heterocycles. The number of aliphatic hydroxyl groups is 3. The Labute approximate surface area is 246 Å². The number of benzene rings is 1. The van der Waals surface area contributed by atoms with Crippen molar-refractivity contribution in [3.05, 3.63) is 54.2 Å². The number of thioether (sulfide) groups is 1. The molecule has 0 aliphatic carbocycles. The molecule has 1 aliphatic rings. The van der Waals surface area contributed by atoms with Crippen molar-refractivity contribution in [1.82, 2.24) is 19.6 Å². The molecule has 1 aliphatic heterocycles. The molecule has 42 heavy (non-hydrogen) atoms. The van der Waals surface area contributed by atoms with E-state index >= 15 is 0 Å². The summed E-state index contributed by atoms with van der Waals surface area (Å²) in [5.74, 6) is -0.700. The highest BCUT2D eigenvalue weighted by Crippen LogP contribution is 2.47. The van der Waals surface area contributed by atoms with Crippen LogP contribution in [0.4, 0.5) is 10.2 Å². The molecule has 3 heterocycles. The molecule has 0 spiro atoms. The zero-order valence-corrected chi connectivity index (χ0v) is 25.1. The van der Waals surface area contributed by atoms with E-state index in [9.17, 15) is 29.1 Å². The van der Waals surface area contributed by atoms with Gasteiger partial charge in [-0.25, -0.2) is 24.0 Å². The van der Waals surface area contributed by atoms with Crippen molar-refractivity contribution in [2.45, 2.75) is 51.4 Å². The van der Waals surface area contributed by atoms with Gasteiger partial charge in [0.25, 0.3) is 0 Å². The fourth-order valence-electron chi connectivity index (χ4n) is 4.25. The van der Waals surface area contributed by atoms with Crippen LogP contribution in [0.15, 0.2) is 42.9 Å². The topological polar surface area (TPSA) is 191 Å². The number of nitrogens with zero attached hydrogens (tertiary/aromatic N) is 3. The number of aromatic nitrogens is 3. The second-order valence-corrected chi connectivity index (χ2v) is 13.6. The Morgan fingerprint density at radius 1 is 1.31 bits per heavy atom. The molecule has 3 aromatic rings. The second-order valence-electron chi connectivity index (χ2n) is 10.7. The Balaban J connectivity index is 1.46. The summed E-state index contributed by atoms with van der Waals surface area (Å²) >= 11 is 0.930. The smallest absolute Gasteiger partial charge is 0.395 e. The number of carbonyl (C=O) groups excluding carboxylic acids is 1. The lowest BCUT2D eigenvalue weighted by molar-refractivity contribution is -0.119. The van der Waals surface area contributed by atoms with Crippen LogP contribution in [-0.2, 0) is 29.7 Å². The molecule has 16 heteroatoms. The maximum Gasteiger partial charge on any atom is 0.405 e. The number of ether oxygens (including phenoxy) is 1. The molecule has 0 bridgehead atoms. The molecule has 0 radical (unpaired) electrons. The van der Waals surface area contributed by atoms with Gasteiger partial charge in [-0.15, -0.1) is 0 Å². The molecule has 0 saturated carbocycles. The monoisotopic (exact) mass is 627 g/mol. The van der Waals surface area contributed by atoms with Crippen LogP contribution in [0, 0.1) is 11.2 Å². The first kappa shape index (κ1) is 32.5. The number of nitrogen functional groups attached to an aromatic ring is 1. The lowest BCUT2D eigenvalue weighted by Crippen LogP contribution is -2.44. The van der Waals surface area contributed by atoms with Crippen LogP contribution in [-0.4, -0.2) is 78.4 Å². The van der Waals surface area contributed by atoms with E-state index in [1.165, 1.54) is 11.5 Å². The van der Waals surface area contributed by atoms with E-state index in [-0.39, 0.29) is 47.5 Å². The summed E-state index contributed by atoms with van der Waals surface area (Å²) < 4.78 is 46.7. The number of fused-ring (bicyclic) bond motifs is 1. The van der Waals surface area contributed by atoms with Gasteiger partial charge in [0.15, 0.2) is 22.8 Å². The summed E-state index contributed by atoms with van der Waals surface area (Å²) in [6.45, 7) is 3.71. The number of rotatable bonds is 13. The van der Waals surface area contributed by atoms with Gasteiger partial charge >= 0.3 is 7.75 Å². The molecule has 4 rings (SSSR count). The van der Waals surface area contributed by atoms with E-state index in [0.717, 1.165) is 29.8 Å². The summed E-state index contributed by atoms with van der Waals surface area (Å²) in [4.78, 5) is 20.1. The molecule has 230 valence electrons. The Morgan fingerprint density at radius 2 is 2.02 bits per heavy atom.